The Labute approximate surface area is 161 Å². The van der Waals surface area contributed by atoms with Gasteiger partial charge in [-0.1, -0.05) is 30.3 Å². The standard InChI is InChI=1S/C21H15FN2O3S/c22-16-10-12-17(13-11-16)28(25,26)24-18-7-1-2-8-19(18)27-20-9-3-5-15-6-4-14-23-21(15)20/h1-14,24H. The van der Waals surface area contributed by atoms with Gasteiger partial charge in [-0.3, -0.25) is 9.71 Å². The Morgan fingerprint density at radius 3 is 2.36 bits per heavy atom. The molecule has 0 saturated heterocycles. The molecule has 0 fully saturated rings. The van der Waals surface area contributed by atoms with Gasteiger partial charge in [0.2, 0.25) is 0 Å². The number of sulfonamides is 1. The third-order valence-corrected chi connectivity index (χ3v) is 5.45. The summed E-state index contributed by atoms with van der Waals surface area (Å²) in [7, 11) is -3.90. The van der Waals surface area contributed by atoms with Crippen molar-refractivity contribution >= 4 is 26.6 Å². The fourth-order valence-corrected chi connectivity index (χ4v) is 3.80. The Hall–Kier alpha value is -3.45. The highest BCUT2D eigenvalue weighted by Crippen LogP contribution is 2.33. The molecule has 0 spiro atoms. The van der Waals surface area contributed by atoms with Crippen molar-refractivity contribution in [2.75, 3.05) is 4.72 Å². The van der Waals surface area contributed by atoms with Gasteiger partial charge in [0.1, 0.15) is 11.3 Å². The van der Waals surface area contributed by atoms with E-state index in [1.807, 2.05) is 24.3 Å². The Morgan fingerprint density at radius 2 is 1.54 bits per heavy atom. The molecule has 1 aromatic heterocycles. The quantitative estimate of drug-likeness (QED) is 0.519. The normalized spacial score (nSPS) is 11.3. The number of hydrogen-bond acceptors (Lipinski definition) is 4. The zero-order valence-corrected chi connectivity index (χ0v) is 15.4. The molecule has 5 nitrogen and oxygen atoms in total. The molecule has 0 unspecified atom stereocenters. The molecule has 0 aliphatic carbocycles. The van der Waals surface area contributed by atoms with Gasteiger partial charge in [0, 0.05) is 11.6 Å². The third kappa shape index (κ3) is 3.65. The predicted octanol–water partition coefficient (Wildman–Crippen LogP) is 4.97. The van der Waals surface area contributed by atoms with E-state index in [1.165, 1.54) is 12.1 Å². The monoisotopic (exact) mass is 394 g/mol. The first kappa shape index (κ1) is 17.9. The lowest BCUT2D eigenvalue weighted by atomic mass is 10.2. The van der Waals surface area contributed by atoms with E-state index in [9.17, 15) is 12.8 Å². The van der Waals surface area contributed by atoms with Crippen molar-refractivity contribution in [1.29, 1.82) is 0 Å². The van der Waals surface area contributed by atoms with Crippen molar-refractivity contribution in [3.63, 3.8) is 0 Å². The molecule has 0 saturated carbocycles. The van der Waals surface area contributed by atoms with Crippen LogP contribution in [0.1, 0.15) is 0 Å². The van der Waals surface area contributed by atoms with Crippen LogP contribution in [0.25, 0.3) is 10.9 Å². The zero-order valence-electron chi connectivity index (χ0n) is 14.5. The van der Waals surface area contributed by atoms with Crippen LogP contribution in [-0.4, -0.2) is 13.4 Å². The van der Waals surface area contributed by atoms with E-state index >= 15 is 0 Å². The summed E-state index contributed by atoms with van der Waals surface area (Å²) in [5.74, 6) is 0.323. The topological polar surface area (TPSA) is 68.3 Å². The van der Waals surface area contributed by atoms with Crippen LogP contribution in [0.2, 0.25) is 0 Å². The first-order valence-electron chi connectivity index (χ1n) is 8.42. The van der Waals surface area contributed by atoms with Gasteiger partial charge in [-0.25, -0.2) is 12.8 Å². The molecule has 4 aromatic rings. The van der Waals surface area contributed by atoms with Gasteiger partial charge in [0.25, 0.3) is 10.0 Å². The summed E-state index contributed by atoms with van der Waals surface area (Å²) < 4.78 is 46.8. The smallest absolute Gasteiger partial charge is 0.262 e. The van der Waals surface area contributed by atoms with E-state index in [2.05, 4.69) is 9.71 Å². The fourth-order valence-electron chi connectivity index (χ4n) is 2.73. The fraction of sp³-hybridized carbons (Fsp3) is 0. The lowest BCUT2D eigenvalue weighted by Crippen LogP contribution is -2.13. The van der Waals surface area contributed by atoms with Crippen molar-refractivity contribution < 1.29 is 17.5 Å². The highest BCUT2D eigenvalue weighted by molar-refractivity contribution is 7.92. The molecular weight excluding hydrogens is 379 g/mol. The largest absolute Gasteiger partial charge is 0.453 e. The number of halogens is 1. The Balaban J connectivity index is 1.68. The van der Waals surface area contributed by atoms with Gasteiger partial charge >= 0.3 is 0 Å². The van der Waals surface area contributed by atoms with Crippen LogP contribution in [0.4, 0.5) is 10.1 Å². The van der Waals surface area contributed by atoms with Crippen molar-refractivity contribution in [2.45, 2.75) is 4.90 Å². The molecule has 4 rings (SSSR count). The van der Waals surface area contributed by atoms with Gasteiger partial charge in [0.15, 0.2) is 11.5 Å². The number of para-hydroxylation sites is 3. The van der Waals surface area contributed by atoms with Crippen LogP contribution < -0.4 is 9.46 Å². The molecule has 3 aromatic carbocycles. The number of pyridine rings is 1. The summed E-state index contributed by atoms with van der Waals surface area (Å²) in [5, 5.41) is 0.907. The van der Waals surface area contributed by atoms with E-state index in [0.717, 1.165) is 17.5 Å². The average molecular weight is 394 g/mol. The lowest BCUT2D eigenvalue weighted by Gasteiger charge is -2.14. The van der Waals surface area contributed by atoms with Gasteiger partial charge in [-0.15, -0.1) is 0 Å². The highest BCUT2D eigenvalue weighted by atomic mass is 32.2. The molecule has 1 N–H and O–H groups in total. The van der Waals surface area contributed by atoms with E-state index in [1.54, 1.807) is 36.5 Å². The van der Waals surface area contributed by atoms with Crippen molar-refractivity contribution in [1.82, 2.24) is 4.98 Å². The van der Waals surface area contributed by atoms with E-state index < -0.39 is 15.8 Å². The second-order valence-electron chi connectivity index (χ2n) is 5.99. The molecule has 28 heavy (non-hydrogen) atoms. The van der Waals surface area contributed by atoms with Gasteiger partial charge in [-0.2, -0.15) is 0 Å². The summed E-state index contributed by atoms with van der Waals surface area (Å²) in [6, 6.07) is 20.5. The number of benzene rings is 3. The van der Waals surface area contributed by atoms with Crippen LogP contribution >= 0.6 is 0 Å². The van der Waals surface area contributed by atoms with Crippen LogP contribution in [0, 0.1) is 5.82 Å². The Kier molecular flexibility index (Phi) is 4.67. The summed E-state index contributed by atoms with van der Waals surface area (Å²) in [6.07, 6.45) is 1.67. The van der Waals surface area contributed by atoms with Gasteiger partial charge in [0.05, 0.1) is 10.6 Å². The maximum Gasteiger partial charge on any atom is 0.262 e. The minimum absolute atomic E-state index is 0.0458. The second-order valence-corrected chi connectivity index (χ2v) is 7.67. The average Bonchev–Trinajstić information content (AvgIpc) is 2.70. The number of fused-ring (bicyclic) bond motifs is 1. The summed E-state index contributed by atoms with van der Waals surface area (Å²) in [6.45, 7) is 0. The molecule has 1 heterocycles. The Morgan fingerprint density at radius 1 is 0.821 bits per heavy atom. The molecular formula is C21H15FN2O3S. The van der Waals surface area contributed by atoms with E-state index in [4.69, 9.17) is 4.74 Å². The van der Waals surface area contributed by atoms with Crippen molar-refractivity contribution in [3.8, 4) is 11.5 Å². The number of nitrogens with one attached hydrogen (secondary N) is 1. The molecule has 0 amide bonds. The van der Waals surface area contributed by atoms with Crippen LogP contribution in [0.15, 0.2) is 90.0 Å². The molecule has 0 aliphatic heterocycles. The highest BCUT2D eigenvalue weighted by Gasteiger charge is 2.17. The molecule has 0 radical (unpaired) electrons. The number of nitrogens with zero attached hydrogens (tertiary/aromatic N) is 1. The zero-order chi connectivity index (χ0) is 19.6. The molecule has 0 bridgehead atoms. The van der Waals surface area contributed by atoms with Gasteiger partial charge < -0.3 is 4.74 Å². The molecule has 140 valence electrons. The maximum absolute atomic E-state index is 13.1. The molecule has 0 atom stereocenters. The van der Waals surface area contributed by atoms with Crippen molar-refractivity contribution in [2.24, 2.45) is 0 Å². The first-order valence-corrected chi connectivity index (χ1v) is 9.90. The van der Waals surface area contributed by atoms with Gasteiger partial charge in [-0.05, 0) is 48.5 Å². The number of anilines is 1. The van der Waals surface area contributed by atoms with E-state index in [-0.39, 0.29) is 10.6 Å². The van der Waals surface area contributed by atoms with Crippen LogP contribution in [-0.2, 0) is 10.0 Å². The SMILES string of the molecule is O=S(=O)(Nc1ccccc1Oc1cccc2cccnc12)c1ccc(F)cc1. The summed E-state index contributed by atoms with van der Waals surface area (Å²) in [4.78, 5) is 4.29. The lowest BCUT2D eigenvalue weighted by molar-refractivity contribution is 0.489. The molecule has 7 heteroatoms. The minimum atomic E-state index is -3.90. The summed E-state index contributed by atoms with van der Waals surface area (Å²) in [5.41, 5.74) is 0.931. The van der Waals surface area contributed by atoms with Crippen molar-refractivity contribution in [3.05, 3.63) is 90.9 Å². The second kappa shape index (κ2) is 7.28. The van der Waals surface area contributed by atoms with Crippen LogP contribution in [0.5, 0.6) is 11.5 Å². The Bertz CT molecular complexity index is 1240. The third-order valence-electron chi connectivity index (χ3n) is 4.07. The predicted molar refractivity (Wildman–Crippen MR) is 105 cm³/mol. The summed E-state index contributed by atoms with van der Waals surface area (Å²) >= 11 is 0. The number of hydrogen-bond donors (Lipinski definition) is 1. The van der Waals surface area contributed by atoms with Crippen LogP contribution in [0.3, 0.4) is 0 Å². The number of ether oxygens (including phenoxy) is 1. The number of aromatic nitrogens is 1. The minimum Gasteiger partial charge on any atom is -0.453 e. The first-order chi connectivity index (χ1) is 13.5. The van der Waals surface area contributed by atoms with E-state index in [0.29, 0.717) is 17.0 Å². The maximum atomic E-state index is 13.1. The molecule has 0 aliphatic rings. The number of rotatable bonds is 5.